The van der Waals surface area contributed by atoms with Gasteiger partial charge in [0, 0.05) is 51.7 Å². The van der Waals surface area contributed by atoms with E-state index in [9.17, 15) is 13.2 Å². The number of nitrogens with zero attached hydrogens (tertiary/aromatic N) is 3. The van der Waals surface area contributed by atoms with Crippen LogP contribution in [-0.2, 0) is 14.8 Å². The lowest BCUT2D eigenvalue weighted by Gasteiger charge is -2.38. The summed E-state index contributed by atoms with van der Waals surface area (Å²) in [6, 6.07) is 10.2. The largest absolute Gasteiger partial charge is 0.340 e. The summed E-state index contributed by atoms with van der Waals surface area (Å²) in [5, 5.41) is 0. The van der Waals surface area contributed by atoms with Gasteiger partial charge in [-0.25, -0.2) is 12.7 Å². The van der Waals surface area contributed by atoms with E-state index in [0.29, 0.717) is 25.9 Å². The zero-order valence-electron chi connectivity index (χ0n) is 16.0. The minimum Gasteiger partial charge on any atom is -0.340 e. The van der Waals surface area contributed by atoms with Crippen molar-refractivity contribution in [1.82, 2.24) is 14.1 Å². The maximum atomic E-state index is 12.7. The molecule has 0 atom stereocenters. The molecule has 0 spiro atoms. The molecular weight excluding hydrogens is 362 g/mol. The average molecular weight is 392 g/mol. The van der Waals surface area contributed by atoms with E-state index in [1.54, 1.807) is 0 Å². The van der Waals surface area contributed by atoms with Gasteiger partial charge in [0.05, 0.1) is 6.26 Å². The van der Waals surface area contributed by atoms with Crippen LogP contribution in [0.25, 0.3) is 6.08 Å². The molecule has 1 aromatic carbocycles. The summed E-state index contributed by atoms with van der Waals surface area (Å²) < 4.78 is 24.7. The first-order chi connectivity index (χ1) is 12.9. The van der Waals surface area contributed by atoms with E-state index in [1.165, 1.54) is 16.1 Å². The van der Waals surface area contributed by atoms with Crippen molar-refractivity contribution in [2.45, 2.75) is 12.8 Å². The highest BCUT2D eigenvalue weighted by atomic mass is 32.2. The third kappa shape index (κ3) is 5.64. The van der Waals surface area contributed by atoms with Crippen molar-refractivity contribution in [2.24, 2.45) is 5.92 Å². The van der Waals surface area contributed by atoms with Crippen LogP contribution >= 0.6 is 0 Å². The fourth-order valence-electron chi connectivity index (χ4n) is 3.75. The van der Waals surface area contributed by atoms with Gasteiger partial charge in [-0.3, -0.25) is 9.69 Å². The number of piperidine rings is 1. The second-order valence-corrected chi connectivity index (χ2v) is 9.36. The van der Waals surface area contributed by atoms with Crippen LogP contribution in [0.5, 0.6) is 0 Å². The fraction of sp³-hybridized carbons (Fsp3) is 0.550. The van der Waals surface area contributed by atoms with Gasteiger partial charge in [-0.1, -0.05) is 42.5 Å². The summed E-state index contributed by atoms with van der Waals surface area (Å²) in [7, 11) is -3.14. The number of carbonyl (C=O) groups is 1. The van der Waals surface area contributed by atoms with Gasteiger partial charge in [-0.2, -0.15) is 0 Å². The highest BCUT2D eigenvalue weighted by Crippen LogP contribution is 2.22. The first kappa shape index (κ1) is 20.0. The maximum absolute atomic E-state index is 12.7. The Bertz CT molecular complexity index is 748. The van der Waals surface area contributed by atoms with Crippen LogP contribution in [0.3, 0.4) is 0 Å². The van der Waals surface area contributed by atoms with E-state index in [4.69, 9.17) is 0 Å². The molecule has 0 radical (unpaired) electrons. The van der Waals surface area contributed by atoms with Crippen LogP contribution in [0.4, 0.5) is 0 Å². The van der Waals surface area contributed by atoms with E-state index in [2.05, 4.69) is 29.2 Å². The van der Waals surface area contributed by atoms with Crippen LogP contribution in [0.2, 0.25) is 0 Å². The predicted molar refractivity (Wildman–Crippen MR) is 108 cm³/mol. The van der Waals surface area contributed by atoms with Crippen molar-refractivity contribution in [1.29, 1.82) is 0 Å². The lowest BCUT2D eigenvalue weighted by molar-refractivity contribution is -0.138. The van der Waals surface area contributed by atoms with Crippen molar-refractivity contribution in [3.8, 4) is 0 Å². The molecule has 148 valence electrons. The molecule has 3 rings (SSSR count). The third-order valence-corrected chi connectivity index (χ3v) is 6.73. The molecule has 2 saturated heterocycles. The van der Waals surface area contributed by atoms with Gasteiger partial charge in [-0.15, -0.1) is 0 Å². The molecule has 6 nitrogen and oxygen atoms in total. The predicted octanol–water partition coefficient (Wildman–Crippen LogP) is 1.52. The molecule has 0 aromatic heterocycles. The normalized spacial score (nSPS) is 21.0. The van der Waals surface area contributed by atoms with Gasteiger partial charge in [-0.05, 0) is 18.4 Å². The Morgan fingerprint density at radius 2 is 1.67 bits per heavy atom. The monoisotopic (exact) mass is 391 g/mol. The quantitative estimate of drug-likeness (QED) is 0.764. The summed E-state index contributed by atoms with van der Waals surface area (Å²) in [6.45, 7) is 5.08. The Hall–Kier alpha value is -1.70. The summed E-state index contributed by atoms with van der Waals surface area (Å²) in [5.74, 6) is 0.162. The number of hydrogen-bond acceptors (Lipinski definition) is 4. The van der Waals surface area contributed by atoms with Crippen LogP contribution in [0.1, 0.15) is 18.4 Å². The van der Waals surface area contributed by atoms with Crippen molar-refractivity contribution in [3.05, 3.63) is 42.0 Å². The van der Waals surface area contributed by atoms with Gasteiger partial charge in [0.1, 0.15) is 0 Å². The average Bonchev–Trinajstić information content (AvgIpc) is 2.68. The summed E-state index contributed by atoms with van der Waals surface area (Å²) in [4.78, 5) is 17.1. The van der Waals surface area contributed by atoms with Crippen LogP contribution in [-0.4, -0.2) is 80.5 Å². The molecule has 0 aliphatic carbocycles. The second-order valence-electron chi connectivity index (χ2n) is 7.38. The summed E-state index contributed by atoms with van der Waals surface area (Å²) in [5.41, 5.74) is 1.20. The summed E-state index contributed by atoms with van der Waals surface area (Å²) >= 11 is 0. The molecular formula is C20H29N3O3S. The molecule has 0 saturated carbocycles. The molecule has 1 aromatic rings. The van der Waals surface area contributed by atoms with Gasteiger partial charge < -0.3 is 4.90 Å². The van der Waals surface area contributed by atoms with Gasteiger partial charge >= 0.3 is 0 Å². The maximum Gasteiger partial charge on any atom is 0.225 e. The molecule has 1 amide bonds. The van der Waals surface area contributed by atoms with Crippen molar-refractivity contribution < 1.29 is 13.2 Å². The van der Waals surface area contributed by atoms with E-state index in [-0.39, 0.29) is 11.8 Å². The van der Waals surface area contributed by atoms with Gasteiger partial charge in [0.2, 0.25) is 15.9 Å². The number of amides is 1. The van der Waals surface area contributed by atoms with Crippen molar-refractivity contribution >= 4 is 22.0 Å². The SMILES string of the molecule is CS(=O)(=O)N1CCC(C(=O)N2CCN(C/C=C/c3ccccc3)CC2)CC1. The first-order valence-electron chi connectivity index (χ1n) is 9.61. The molecule has 2 heterocycles. The molecule has 0 unspecified atom stereocenters. The van der Waals surface area contributed by atoms with Crippen molar-refractivity contribution in [3.63, 3.8) is 0 Å². The Labute approximate surface area is 162 Å². The topological polar surface area (TPSA) is 60.9 Å². The number of piperazine rings is 1. The Balaban J connectivity index is 1.41. The van der Waals surface area contributed by atoms with Gasteiger partial charge in [0.15, 0.2) is 0 Å². The summed E-state index contributed by atoms with van der Waals surface area (Å²) in [6.07, 6.45) is 6.80. The van der Waals surface area contributed by atoms with Crippen LogP contribution < -0.4 is 0 Å². The molecule has 2 fully saturated rings. The minimum absolute atomic E-state index is 0.0347. The van der Waals surface area contributed by atoms with Crippen LogP contribution in [0, 0.1) is 5.92 Å². The first-order valence-corrected chi connectivity index (χ1v) is 11.5. The van der Waals surface area contributed by atoms with E-state index >= 15 is 0 Å². The number of rotatable bonds is 5. The Morgan fingerprint density at radius 3 is 2.26 bits per heavy atom. The Morgan fingerprint density at radius 1 is 1.04 bits per heavy atom. The second kappa shape index (κ2) is 8.99. The standard InChI is InChI=1S/C20H29N3O3S/c1-27(25,26)23-12-9-19(10-13-23)20(24)22-16-14-21(15-17-22)11-5-8-18-6-3-2-4-7-18/h2-8,19H,9-17H2,1H3/b8-5+. The Kier molecular flexibility index (Phi) is 6.68. The number of sulfonamides is 1. The number of carbonyl (C=O) groups excluding carboxylic acids is 1. The van der Waals surface area contributed by atoms with Crippen molar-refractivity contribution in [2.75, 3.05) is 52.1 Å². The van der Waals surface area contributed by atoms with E-state index < -0.39 is 10.0 Å². The van der Waals surface area contributed by atoms with E-state index in [0.717, 1.165) is 32.7 Å². The highest BCUT2D eigenvalue weighted by molar-refractivity contribution is 7.88. The molecule has 27 heavy (non-hydrogen) atoms. The zero-order valence-corrected chi connectivity index (χ0v) is 16.8. The third-order valence-electron chi connectivity index (χ3n) is 5.43. The minimum atomic E-state index is -3.14. The smallest absolute Gasteiger partial charge is 0.225 e. The number of hydrogen-bond donors (Lipinski definition) is 0. The van der Waals surface area contributed by atoms with Gasteiger partial charge in [0.25, 0.3) is 0 Å². The molecule has 2 aliphatic heterocycles. The zero-order chi connectivity index (χ0) is 19.3. The molecule has 7 heteroatoms. The molecule has 2 aliphatic rings. The fourth-order valence-corrected chi connectivity index (χ4v) is 4.62. The molecule has 0 bridgehead atoms. The highest BCUT2D eigenvalue weighted by Gasteiger charge is 2.32. The number of benzene rings is 1. The lowest BCUT2D eigenvalue weighted by Crippen LogP contribution is -2.51. The van der Waals surface area contributed by atoms with Crippen LogP contribution in [0.15, 0.2) is 36.4 Å². The molecule has 0 N–H and O–H groups in total. The van der Waals surface area contributed by atoms with E-state index in [1.807, 2.05) is 23.1 Å². The lowest BCUT2D eigenvalue weighted by atomic mass is 9.96.